The van der Waals surface area contributed by atoms with Crippen LogP contribution in [0.1, 0.15) is 5.56 Å². The average molecular weight is 764 g/mol. The van der Waals surface area contributed by atoms with Crippen molar-refractivity contribution in [2.24, 2.45) is 0 Å². The molecule has 0 N–H and O–H groups in total. The number of aromatic nitrogens is 3. The van der Waals surface area contributed by atoms with Crippen LogP contribution in [0.25, 0.3) is 108 Å². The number of hydrogen-bond acceptors (Lipinski definition) is 5. The molecular formula is C52H33N3S2. The molecule has 4 heterocycles. The van der Waals surface area contributed by atoms with Crippen LogP contribution in [-0.2, 0) is 0 Å². The van der Waals surface area contributed by atoms with Crippen molar-refractivity contribution in [3.63, 3.8) is 0 Å². The van der Waals surface area contributed by atoms with Crippen molar-refractivity contribution in [1.29, 1.82) is 0 Å². The molecule has 0 amide bonds. The highest BCUT2D eigenvalue weighted by Gasteiger charge is 2.18. The Bertz CT molecular complexity index is 3180. The maximum atomic E-state index is 5.39. The minimum absolute atomic E-state index is 0.688. The van der Waals surface area contributed by atoms with Gasteiger partial charge in [-0.3, -0.25) is 4.98 Å². The lowest BCUT2D eigenvalue weighted by molar-refractivity contribution is 1.18. The number of pyridine rings is 1. The Labute approximate surface area is 338 Å². The zero-order chi connectivity index (χ0) is 37.9. The van der Waals surface area contributed by atoms with E-state index in [4.69, 9.17) is 9.97 Å². The molecule has 0 atom stereocenters. The molecule has 7 aromatic carbocycles. The van der Waals surface area contributed by atoms with Gasteiger partial charge in [0.1, 0.15) is 0 Å². The largest absolute Gasteiger partial charge is 0.256 e. The lowest BCUT2D eigenvalue weighted by Crippen LogP contribution is -1.97. The summed E-state index contributed by atoms with van der Waals surface area (Å²) in [5.41, 5.74) is 12.7. The molecule has 11 rings (SSSR count). The molecular weight excluding hydrogens is 731 g/mol. The van der Waals surface area contributed by atoms with E-state index < -0.39 is 0 Å². The van der Waals surface area contributed by atoms with Gasteiger partial charge in [0.15, 0.2) is 5.82 Å². The first-order valence-corrected chi connectivity index (χ1v) is 20.7. The van der Waals surface area contributed by atoms with E-state index in [9.17, 15) is 0 Å². The number of hydrogen-bond donors (Lipinski definition) is 0. The average Bonchev–Trinajstić information content (AvgIpc) is 3.85. The van der Waals surface area contributed by atoms with Gasteiger partial charge in [-0.1, -0.05) is 121 Å². The van der Waals surface area contributed by atoms with Crippen molar-refractivity contribution in [1.82, 2.24) is 15.0 Å². The van der Waals surface area contributed by atoms with Crippen LogP contribution in [0.2, 0.25) is 0 Å². The summed E-state index contributed by atoms with van der Waals surface area (Å²) in [4.78, 5) is 15.3. The predicted octanol–water partition coefficient (Wildman–Crippen LogP) is 14.9. The first-order valence-electron chi connectivity index (χ1n) is 19.1. The molecule has 0 spiro atoms. The van der Waals surface area contributed by atoms with Gasteiger partial charge >= 0.3 is 0 Å². The van der Waals surface area contributed by atoms with E-state index in [1.165, 1.54) is 51.5 Å². The number of fused-ring (bicyclic) bond motifs is 6. The summed E-state index contributed by atoms with van der Waals surface area (Å²) in [5, 5.41) is 5.14. The molecule has 0 unspecified atom stereocenters. The normalized spacial score (nSPS) is 11.6. The van der Waals surface area contributed by atoms with E-state index in [0.717, 1.165) is 56.0 Å². The SMILES string of the molecule is Cc1cc(-c2cc(-c3ccccc3)nc(-c3cc(-c4cccc5c4sc4ccccc45)cc(-c4cccc5c4sc4ccccc45)c3)n2)ccc1-c1ccccn1. The third kappa shape index (κ3) is 5.91. The fourth-order valence-electron chi connectivity index (χ4n) is 8.13. The first kappa shape index (κ1) is 33.5. The van der Waals surface area contributed by atoms with Crippen molar-refractivity contribution in [3.05, 3.63) is 188 Å². The zero-order valence-electron chi connectivity index (χ0n) is 31.0. The van der Waals surface area contributed by atoms with Gasteiger partial charge in [0.25, 0.3) is 0 Å². The number of rotatable bonds is 6. The van der Waals surface area contributed by atoms with Gasteiger partial charge in [0.05, 0.1) is 17.1 Å². The fourth-order valence-corrected chi connectivity index (χ4v) is 10.6. The summed E-state index contributed by atoms with van der Waals surface area (Å²) in [6, 6.07) is 62.9. The van der Waals surface area contributed by atoms with Crippen LogP contribution < -0.4 is 0 Å². The monoisotopic (exact) mass is 763 g/mol. The van der Waals surface area contributed by atoms with Crippen LogP contribution >= 0.6 is 22.7 Å². The smallest absolute Gasteiger partial charge is 0.160 e. The maximum absolute atomic E-state index is 5.39. The van der Waals surface area contributed by atoms with Crippen molar-refractivity contribution in [2.75, 3.05) is 0 Å². The van der Waals surface area contributed by atoms with Gasteiger partial charge in [-0.25, -0.2) is 9.97 Å². The maximum Gasteiger partial charge on any atom is 0.160 e. The van der Waals surface area contributed by atoms with E-state index in [1.54, 1.807) is 0 Å². The Morgan fingerprint density at radius 1 is 0.368 bits per heavy atom. The Morgan fingerprint density at radius 2 is 0.930 bits per heavy atom. The van der Waals surface area contributed by atoms with E-state index in [0.29, 0.717) is 5.82 Å². The number of thiophene rings is 2. The lowest BCUT2D eigenvalue weighted by Gasteiger charge is -2.14. The molecule has 0 radical (unpaired) electrons. The first-order chi connectivity index (χ1) is 28.1. The molecule has 3 nitrogen and oxygen atoms in total. The Kier molecular flexibility index (Phi) is 8.09. The molecule has 0 saturated carbocycles. The number of aryl methyl sites for hydroxylation is 1. The van der Waals surface area contributed by atoms with E-state index in [-0.39, 0.29) is 0 Å². The highest BCUT2D eigenvalue weighted by atomic mass is 32.1. The lowest BCUT2D eigenvalue weighted by atomic mass is 9.94. The summed E-state index contributed by atoms with van der Waals surface area (Å²) in [6.45, 7) is 2.15. The van der Waals surface area contributed by atoms with Crippen LogP contribution in [0, 0.1) is 6.92 Å². The van der Waals surface area contributed by atoms with Gasteiger partial charge in [0, 0.05) is 68.8 Å². The van der Waals surface area contributed by atoms with E-state index >= 15 is 0 Å². The second-order valence-corrected chi connectivity index (χ2v) is 16.5. The minimum Gasteiger partial charge on any atom is -0.256 e. The summed E-state index contributed by atoms with van der Waals surface area (Å²) in [5.74, 6) is 0.688. The second-order valence-electron chi connectivity index (χ2n) is 14.4. The minimum atomic E-state index is 0.688. The molecule has 0 aliphatic carbocycles. The quantitative estimate of drug-likeness (QED) is 0.169. The molecule has 0 bridgehead atoms. The van der Waals surface area contributed by atoms with E-state index in [1.807, 2.05) is 47.1 Å². The molecule has 0 fully saturated rings. The van der Waals surface area contributed by atoms with Gasteiger partial charge in [-0.15, -0.1) is 22.7 Å². The molecule has 4 aromatic heterocycles. The Balaban J connectivity index is 1.16. The summed E-state index contributed by atoms with van der Waals surface area (Å²) in [7, 11) is 0. The van der Waals surface area contributed by atoms with Crippen molar-refractivity contribution in [2.45, 2.75) is 6.92 Å². The Hall–Kier alpha value is -6.79. The molecule has 0 aliphatic heterocycles. The highest BCUT2D eigenvalue weighted by molar-refractivity contribution is 7.26. The number of benzene rings is 7. The second kappa shape index (κ2) is 13.7. The van der Waals surface area contributed by atoms with Gasteiger partial charge in [0.2, 0.25) is 0 Å². The van der Waals surface area contributed by atoms with Crippen LogP contribution in [0.15, 0.2) is 182 Å². The molecule has 5 heteroatoms. The van der Waals surface area contributed by atoms with Crippen molar-refractivity contribution in [3.8, 4) is 67.4 Å². The standard InChI is InChI=1S/C52H33N3S2/c1-32-27-34(24-25-38(32)45-21-9-10-26-53-45)47-31-46(33-13-3-2-4-14-33)54-52(55-47)37-29-35(39-17-11-19-43-41-15-5-7-22-48(41)56-50(39)43)28-36(30-37)40-18-12-20-44-42-16-6-8-23-49(42)57-51(40)44/h2-31H,1H3. The predicted molar refractivity (Wildman–Crippen MR) is 243 cm³/mol. The third-order valence-corrected chi connectivity index (χ3v) is 13.3. The molecule has 0 saturated heterocycles. The van der Waals surface area contributed by atoms with Crippen molar-refractivity contribution < 1.29 is 0 Å². The summed E-state index contributed by atoms with van der Waals surface area (Å²) < 4.78 is 5.15. The molecule has 268 valence electrons. The van der Waals surface area contributed by atoms with Gasteiger partial charge in [-0.2, -0.15) is 0 Å². The molecule has 57 heavy (non-hydrogen) atoms. The van der Waals surface area contributed by atoms with E-state index in [2.05, 4.69) is 170 Å². The highest BCUT2D eigenvalue weighted by Crippen LogP contribution is 2.45. The fraction of sp³-hybridized carbons (Fsp3) is 0.0192. The third-order valence-electron chi connectivity index (χ3n) is 10.9. The van der Waals surface area contributed by atoms with Crippen LogP contribution in [-0.4, -0.2) is 15.0 Å². The van der Waals surface area contributed by atoms with Crippen LogP contribution in [0.3, 0.4) is 0 Å². The van der Waals surface area contributed by atoms with Crippen LogP contribution in [0.5, 0.6) is 0 Å². The summed E-state index contributed by atoms with van der Waals surface area (Å²) in [6.07, 6.45) is 1.84. The summed E-state index contributed by atoms with van der Waals surface area (Å²) >= 11 is 3.72. The van der Waals surface area contributed by atoms with Crippen LogP contribution in [0.4, 0.5) is 0 Å². The zero-order valence-corrected chi connectivity index (χ0v) is 32.6. The number of nitrogens with zero attached hydrogens (tertiary/aromatic N) is 3. The molecule has 0 aliphatic rings. The Morgan fingerprint density at radius 3 is 1.54 bits per heavy atom. The topological polar surface area (TPSA) is 38.7 Å². The van der Waals surface area contributed by atoms with Gasteiger partial charge < -0.3 is 0 Å². The van der Waals surface area contributed by atoms with Crippen molar-refractivity contribution >= 4 is 63.0 Å². The molecule has 11 aromatic rings. The van der Waals surface area contributed by atoms with Gasteiger partial charge in [-0.05, 0) is 89.3 Å².